The van der Waals surface area contributed by atoms with Crippen LogP contribution in [0.25, 0.3) is 10.9 Å². The van der Waals surface area contributed by atoms with Crippen molar-refractivity contribution in [1.82, 2.24) is 15.3 Å². The van der Waals surface area contributed by atoms with Crippen molar-refractivity contribution in [2.75, 3.05) is 19.7 Å². The number of nitrogens with one attached hydrogen (secondary N) is 1. The van der Waals surface area contributed by atoms with Gasteiger partial charge in [-0.1, -0.05) is 25.1 Å². The van der Waals surface area contributed by atoms with Crippen LogP contribution in [-0.4, -0.2) is 29.7 Å². The SMILES string of the molecule is CCNCCOc1ncc2ccccc2n1. The summed E-state index contributed by atoms with van der Waals surface area (Å²) >= 11 is 0. The smallest absolute Gasteiger partial charge is 0.316 e. The molecule has 2 rings (SSSR count). The molecular weight excluding hydrogens is 202 g/mol. The summed E-state index contributed by atoms with van der Waals surface area (Å²) in [6.45, 7) is 4.41. The Kier molecular flexibility index (Phi) is 3.66. The number of likely N-dealkylation sites (N-methyl/N-ethyl adjacent to an activating group) is 1. The number of hydrogen-bond acceptors (Lipinski definition) is 4. The van der Waals surface area contributed by atoms with E-state index in [2.05, 4.69) is 22.2 Å². The van der Waals surface area contributed by atoms with Crippen LogP contribution in [0, 0.1) is 0 Å². The van der Waals surface area contributed by atoms with Gasteiger partial charge in [0.1, 0.15) is 6.61 Å². The Morgan fingerprint density at radius 1 is 1.31 bits per heavy atom. The van der Waals surface area contributed by atoms with Gasteiger partial charge >= 0.3 is 6.01 Å². The molecule has 2 aromatic rings. The predicted molar refractivity (Wildman–Crippen MR) is 63.6 cm³/mol. The van der Waals surface area contributed by atoms with Crippen molar-refractivity contribution in [2.24, 2.45) is 0 Å². The molecule has 0 aliphatic rings. The standard InChI is InChI=1S/C12H15N3O/c1-2-13-7-8-16-12-14-9-10-5-3-4-6-11(10)15-12/h3-6,9,13H,2,7-8H2,1H3. The quantitative estimate of drug-likeness (QED) is 0.773. The minimum Gasteiger partial charge on any atom is -0.462 e. The van der Waals surface area contributed by atoms with E-state index in [1.807, 2.05) is 24.3 Å². The average molecular weight is 217 g/mol. The lowest BCUT2D eigenvalue weighted by molar-refractivity contribution is 0.292. The summed E-state index contributed by atoms with van der Waals surface area (Å²) in [5.74, 6) is 0. The summed E-state index contributed by atoms with van der Waals surface area (Å²) in [5.41, 5.74) is 0.913. The van der Waals surface area contributed by atoms with Gasteiger partial charge in [-0.15, -0.1) is 0 Å². The first-order valence-electron chi connectivity index (χ1n) is 5.45. The van der Waals surface area contributed by atoms with Gasteiger partial charge in [-0.2, -0.15) is 4.98 Å². The second kappa shape index (κ2) is 5.42. The van der Waals surface area contributed by atoms with Crippen molar-refractivity contribution in [3.63, 3.8) is 0 Å². The van der Waals surface area contributed by atoms with Gasteiger partial charge < -0.3 is 10.1 Å². The molecule has 4 nitrogen and oxygen atoms in total. The number of nitrogens with zero attached hydrogens (tertiary/aromatic N) is 2. The molecule has 0 bridgehead atoms. The number of benzene rings is 1. The van der Waals surface area contributed by atoms with Crippen LogP contribution in [0.15, 0.2) is 30.5 Å². The zero-order chi connectivity index (χ0) is 11.2. The van der Waals surface area contributed by atoms with Crippen molar-refractivity contribution in [1.29, 1.82) is 0 Å². The summed E-state index contributed by atoms with van der Waals surface area (Å²) in [5, 5.41) is 4.20. The van der Waals surface area contributed by atoms with Crippen LogP contribution in [0.5, 0.6) is 6.01 Å². The fraction of sp³-hybridized carbons (Fsp3) is 0.333. The van der Waals surface area contributed by atoms with Crippen LogP contribution in [-0.2, 0) is 0 Å². The van der Waals surface area contributed by atoms with Crippen molar-refractivity contribution in [3.05, 3.63) is 30.5 Å². The first kappa shape index (κ1) is 10.8. The first-order valence-corrected chi connectivity index (χ1v) is 5.45. The molecule has 1 aromatic heterocycles. The van der Waals surface area contributed by atoms with Crippen LogP contribution in [0.1, 0.15) is 6.92 Å². The minimum absolute atomic E-state index is 0.441. The lowest BCUT2D eigenvalue weighted by atomic mass is 10.2. The molecule has 84 valence electrons. The van der Waals surface area contributed by atoms with E-state index in [-0.39, 0.29) is 0 Å². The van der Waals surface area contributed by atoms with E-state index in [1.54, 1.807) is 6.20 Å². The van der Waals surface area contributed by atoms with Gasteiger partial charge in [-0.05, 0) is 12.6 Å². The van der Waals surface area contributed by atoms with Crippen LogP contribution >= 0.6 is 0 Å². The van der Waals surface area contributed by atoms with E-state index < -0.39 is 0 Å². The third kappa shape index (κ3) is 2.67. The monoisotopic (exact) mass is 217 g/mol. The third-order valence-electron chi connectivity index (χ3n) is 2.23. The van der Waals surface area contributed by atoms with E-state index in [0.29, 0.717) is 12.6 Å². The van der Waals surface area contributed by atoms with Crippen molar-refractivity contribution in [2.45, 2.75) is 6.92 Å². The maximum absolute atomic E-state index is 5.43. The largest absolute Gasteiger partial charge is 0.462 e. The van der Waals surface area contributed by atoms with Crippen LogP contribution in [0.3, 0.4) is 0 Å². The molecule has 0 aliphatic heterocycles. The van der Waals surface area contributed by atoms with Gasteiger partial charge in [-0.3, -0.25) is 0 Å². The van der Waals surface area contributed by atoms with Crippen molar-refractivity contribution >= 4 is 10.9 Å². The molecule has 0 fully saturated rings. The zero-order valence-corrected chi connectivity index (χ0v) is 9.31. The maximum Gasteiger partial charge on any atom is 0.316 e. The van der Waals surface area contributed by atoms with Crippen LogP contribution in [0.4, 0.5) is 0 Å². The van der Waals surface area contributed by atoms with E-state index in [0.717, 1.165) is 24.0 Å². The Bertz CT molecular complexity index is 459. The molecule has 1 N–H and O–H groups in total. The summed E-state index contributed by atoms with van der Waals surface area (Å²) in [4.78, 5) is 8.46. The molecule has 0 radical (unpaired) electrons. The zero-order valence-electron chi connectivity index (χ0n) is 9.31. The highest BCUT2D eigenvalue weighted by Crippen LogP contribution is 2.12. The number of fused-ring (bicyclic) bond motifs is 1. The molecule has 1 aromatic carbocycles. The Labute approximate surface area is 94.7 Å². The summed E-state index contributed by atoms with van der Waals surface area (Å²) in [6, 6.07) is 8.30. The molecule has 0 saturated carbocycles. The van der Waals surface area contributed by atoms with E-state index in [1.165, 1.54) is 0 Å². The second-order valence-corrected chi connectivity index (χ2v) is 3.41. The molecule has 0 atom stereocenters. The van der Waals surface area contributed by atoms with Gasteiger partial charge in [-0.25, -0.2) is 4.98 Å². The Hall–Kier alpha value is -1.68. The number of para-hydroxylation sites is 1. The van der Waals surface area contributed by atoms with Crippen molar-refractivity contribution < 1.29 is 4.74 Å². The maximum atomic E-state index is 5.43. The van der Waals surface area contributed by atoms with Crippen molar-refractivity contribution in [3.8, 4) is 6.01 Å². The number of rotatable bonds is 5. The molecule has 16 heavy (non-hydrogen) atoms. The normalized spacial score (nSPS) is 10.6. The molecule has 0 amide bonds. The molecule has 0 aliphatic carbocycles. The molecule has 4 heteroatoms. The van der Waals surface area contributed by atoms with E-state index in [4.69, 9.17) is 4.74 Å². The highest BCUT2D eigenvalue weighted by atomic mass is 16.5. The fourth-order valence-corrected chi connectivity index (χ4v) is 1.42. The topological polar surface area (TPSA) is 47.0 Å². The van der Waals surface area contributed by atoms with Gasteiger partial charge in [0.2, 0.25) is 0 Å². The molecule has 0 unspecified atom stereocenters. The summed E-state index contributed by atoms with van der Waals surface area (Å²) in [7, 11) is 0. The minimum atomic E-state index is 0.441. The number of aromatic nitrogens is 2. The highest BCUT2D eigenvalue weighted by Gasteiger charge is 1.99. The Balaban J connectivity index is 2.02. The van der Waals surface area contributed by atoms with Gasteiger partial charge in [0.15, 0.2) is 0 Å². The number of hydrogen-bond donors (Lipinski definition) is 1. The molecule has 1 heterocycles. The lowest BCUT2D eigenvalue weighted by Crippen LogP contribution is -2.20. The third-order valence-corrected chi connectivity index (χ3v) is 2.23. The molecule has 0 saturated heterocycles. The fourth-order valence-electron chi connectivity index (χ4n) is 1.42. The van der Waals surface area contributed by atoms with E-state index in [9.17, 15) is 0 Å². The summed E-state index contributed by atoms with van der Waals surface area (Å²) in [6.07, 6.45) is 1.78. The Morgan fingerprint density at radius 2 is 2.19 bits per heavy atom. The molecule has 0 spiro atoms. The van der Waals surface area contributed by atoms with Crippen LogP contribution in [0.2, 0.25) is 0 Å². The number of ether oxygens (including phenoxy) is 1. The first-order chi connectivity index (χ1) is 7.90. The van der Waals surface area contributed by atoms with Gasteiger partial charge in [0.25, 0.3) is 0 Å². The highest BCUT2D eigenvalue weighted by molar-refractivity contribution is 5.77. The van der Waals surface area contributed by atoms with Crippen LogP contribution < -0.4 is 10.1 Å². The second-order valence-electron chi connectivity index (χ2n) is 3.41. The average Bonchev–Trinajstić information content (AvgIpc) is 2.34. The van der Waals surface area contributed by atoms with Gasteiger partial charge in [0, 0.05) is 18.1 Å². The predicted octanol–water partition coefficient (Wildman–Crippen LogP) is 1.62. The van der Waals surface area contributed by atoms with Gasteiger partial charge in [0.05, 0.1) is 5.52 Å². The summed E-state index contributed by atoms with van der Waals surface area (Å²) < 4.78 is 5.43. The molecular formula is C12H15N3O. The lowest BCUT2D eigenvalue weighted by Gasteiger charge is -2.05. The van der Waals surface area contributed by atoms with E-state index >= 15 is 0 Å². The Morgan fingerprint density at radius 3 is 3.06 bits per heavy atom.